The molecular weight excluding hydrogens is 511 g/mol. The van der Waals surface area contributed by atoms with Crippen LogP contribution >= 0.6 is 0 Å². The molecule has 0 saturated carbocycles. The monoisotopic (exact) mass is 547 g/mol. The van der Waals surface area contributed by atoms with Gasteiger partial charge in [-0.1, -0.05) is 12.1 Å². The van der Waals surface area contributed by atoms with Crippen molar-refractivity contribution in [2.24, 2.45) is 0 Å². The maximum absolute atomic E-state index is 13.4. The van der Waals surface area contributed by atoms with Crippen molar-refractivity contribution in [3.63, 3.8) is 0 Å². The smallest absolute Gasteiger partial charge is 0.379 e. The maximum Gasteiger partial charge on any atom is 0.416 e. The Hall–Kier alpha value is -2.76. The number of amides is 1. The zero-order chi connectivity index (χ0) is 27.6. The van der Waals surface area contributed by atoms with Gasteiger partial charge in [0.1, 0.15) is 17.8 Å². The van der Waals surface area contributed by atoms with Crippen molar-refractivity contribution >= 4 is 11.7 Å². The molecule has 0 aliphatic carbocycles. The van der Waals surface area contributed by atoms with Crippen molar-refractivity contribution in [3.8, 4) is 0 Å². The van der Waals surface area contributed by atoms with Gasteiger partial charge in [0.15, 0.2) is 0 Å². The number of methoxy groups -OCH3 is 1. The number of hydrogen-bond acceptors (Lipinski definition) is 7. The van der Waals surface area contributed by atoms with Crippen LogP contribution in [0.4, 0.5) is 19.0 Å². The Morgan fingerprint density at radius 2 is 1.82 bits per heavy atom. The second-order valence-electron chi connectivity index (χ2n) is 10.7. The van der Waals surface area contributed by atoms with Crippen molar-refractivity contribution < 1.29 is 27.4 Å². The zero-order valence-corrected chi connectivity index (χ0v) is 22.4. The van der Waals surface area contributed by atoms with E-state index in [1.54, 1.807) is 19.2 Å². The van der Waals surface area contributed by atoms with E-state index in [4.69, 9.17) is 9.47 Å². The molecule has 5 rings (SSSR count). The Labute approximate surface area is 226 Å². The predicted octanol–water partition coefficient (Wildman–Crippen LogP) is 3.80. The number of rotatable bonds is 6. The number of aromatic nitrogens is 2. The second-order valence-corrected chi connectivity index (χ2v) is 10.7. The summed E-state index contributed by atoms with van der Waals surface area (Å²) in [7, 11) is 1.71. The van der Waals surface area contributed by atoms with E-state index >= 15 is 0 Å². The maximum atomic E-state index is 13.4. The van der Waals surface area contributed by atoms with E-state index in [-0.39, 0.29) is 24.0 Å². The quantitative estimate of drug-likeness (QED) is 0.590. The summed E-state index contributed by atoms with van der Waals surface area (Å²) in [5.41, 5.74) is 1.38. The van der Waals surface area contributed by atoms with Crippen molar-refractivity contribution in [1.29, 1.82) is 0 Å². The lowest BCUT2D eigenvalue weighted by atomic mass is 9.97. The Morgan fingerprint density at radius 1 is 1.08 bits per heavy atom. The molecule has 1 aromatic heterocycles. The number of nitrogens with one attached hydrogen (secondary N) is 1. The van der Waals surface area contributed by atoms with E-state index in [2.05, 4.69) is 20.2 Å². The second kappa shape index (κ2) is 11.8. The third-order valence-corrected chi connectivity index (χ3v) is 8.30. The molecule has 1 aromatic carbocycles. The number of hydrogen-bond donors (Lipinski definition) is 1. The first-order valence-electron chi connectivity index (χ1n) is 13.6. The Balaban J connectivity index is 1.19. The molecule has 39 heavy (non-hydrogen) atoms. The number of benzene rings is 1. The van der Waals surface area contributed by atoms with Gasteiger partial charge >= 0.3 is 6.18 Å². The van der Waals surface area contributed by atoms with Crippen molar-refractivity contribution in [2.75, 3.05) is 51.4 Å². The summed E-state index contributed by atoms with van der Waals surface area (Å²) in [6.07, 6.45) is 0.572. The predicted molar refractivity (Wildman–Crippen MR) is 140 cm³/mol. The van der Waals surface area contributed by atoms with E-state index in [1.807, 2.05) is 11.8 Å². The number of piperidine rings is 1. The Kier molecular flexibility index (Phi) is 8.39. The summed E-state index contributed by atoms with van der Waals surface area (Å²) in [6, 6.07) is 5.99. The zero-order valence-electron chi connectivity index (χ0n) is 22.4. The molecule has 0 radical (unpaired) electrons. The van der Waals surface area contributed by atoms with Crippen molar-refractivity contribution in [1.82, 2.24) is 20.2 Å². The van der Waals surface area contributed by atoms with Crippen LogP contribution in [0.15, 0.2) is 30.6 Å². The normalized spacial score (nSPS) is 24.8. The summed E-state index contributed by atoms with van der Waals surface area (Å²) in [5.74, 6) is 0.721. The molecule has 3 unspecified atom stereocenters. The molecule has 212 valence electrons. The molecule has 8 nitrogen and oxygen atoms in total. The molecule has 2 aromatic rings. The van der Waals surface area contributed by atoms with Crippen LogP contribution in [0.3, 0.4) is 0 Å². The molecule has 4 heterocycles. The number of nitrogens with zero attached hydrogens (tertiary/aromatic N) is 4. The largest absolute Gasteiger partial charge is 0.416 e. The molecule has 3 aliphatic rings. The van der Waals surface area contributed by atoms with Gasteiger partial charge in [0.05, 0.1) is 18.3 Å². The van der Waals surface area contributed by atoms with Gasteiger partial charge in [-0.25, -0.2) is 9.97 Å². The highest BCUT2D eigenvalue weighted by Gasteiger charge is 2.33. The Bertz CT molecular complexity index is 1140. The molecule has 11 heteroatoms. The molecule has 3 fully saturated rings. The van der Waals surface area contributed by atoms with Crippen LogP contribution in [0.1, 0.15) is 58.8 Å². The minimum Gasteiger partial charge on any atom is -0.379 e. The van der Waals surface area contributed by atoms with Gasteiger partial charge in [-0.15, -0.1) is 0 Å². The summed E-state index contributed by atoms with van der Waals surface area (Å²) in [6.45, 7) is 5.84. The first-order chi connectivity index (χ1) is 18.7. The highest BCUT2D eigenvalue weighted by Crippen LogP contribution is 2.34. The van der Waals surface area contributed by atoms with Crippen LogP contribution < -0.4 is 10.2 Å². The fourth-order valence-corrected chi connectivity index (χ4v) is 5.98. The van der Waals surface area contributed by atoms with Crippen LogP contribution in [0.25, 0.3) is 0 Å². The summed E-state index contributed by atoms with van der Waals surface area (Å²) < 4.78 is 49.9. The first-order valence-corrected chi connectivity index (χ1v) is 13.6. The van der Waals surface area contributed by atoms with E-state index in [1.165, 1.54) is 6.33 Å². The van der Waals surface area contributed by atoms with E-state index in [9.17, 15) is 18.0 Å². The molecule has 0 spiro atoms. The van der Waals surface area contributed by atoms with Gasteiger partial charge in [0.2, 0.25) is 0 Å². The third-order valence-electron chi connectivity index (χ3n) is 8.30. The van der Waals surface area contributed by atoms with Crippen LogP contribution in [0.5, 0.6) is 0 Å². The number of ether oxygens (including phenoxy) is 2. The lowest BCUT2D eigenvalue weighted by Gasteiger charge is -2.38. The first kappa shape index (κ1) is 27.8. The van der Waals surface area contributed by atoms with Gasteiger partial charge in [0.25, 0.3) is 5.91 Å². The highest BCUT2D eigenvalue weighted by atomic mass is 19.4. The fourth-order valence-electron chi connectivity index (χ4n) is 5.98. The van der Waals surface area contributed by atoms with E-state index < -0.39 is 11.7 Å². The van der Waals surface area contributed by atoms with Crippen LogP contribution in [0, 0.1) is 6.92 Å². The fraction of sp³-hybridized carbons (Fsp3) is 0.607. The number of carbonyl (C=O) groups excluding carboxylic acids is 1. The topological polar surface area (TPSA) is 79.8 Å². The van der Waals surface area contributed by atoms with Crippen molar-refractivity contribution in [2.45, 2.75) is 62.9 Å². The highest BCUT2D eigenvalue weighted by molar-refractivity contribution is 5.94. The SMILES string of the molecule is COC1COCCC1NC1CCN(C(=O)c2ncnc(N3CCC(c4ccc(C(F)(F)F)cc4)C3)c2C)CC1. The van der Waals surface area contributed by atoms with Gasteiger partial charge < -0.3 is 24.6 Å². The minimum atomic E-state index is -4.34. The molecule has 0 bridgehead atoms. The molecule has 3 saturated heterocycles. The summed E-state index contributed by atoms with van der Waals surface area (Å²) in [4.78, 5) is 26.2. The van der Waals surface area contributed by atoms with Crippen LogP contribution in [-0.4, -0.2) is 85.5 Å². The number of alkyl halides is 3. The standard InChI is InChI=1S/C28H36F3N5O3/c1-18-25(27(37)35-12-8-22(9-13-35)34-23-10-14-39-16-24(23)38-2)32-17-33-26(18)36-11-7-20(15-36)19-3-5-21(6-4-19)28(29,30)31/h3-6,17,20,22-24,34H,7-16H2,1-2H3. The average molecular weight is 548 g/mol. The Morgan fingerprint density at radius 3 is 2.51 bits per heavy atom. The number of likely N-dealkylation sites (tertiary alicyclic amines) is 1. The lowest BCUT2D eigenvalue weighted by Crippen LogP contribution is -2.54. The molecule has 3 atom stereocenters. The average Bonchev–Trinajstić information content (AvgIpc) is 3.43. The molecule has 1 amide bonds. The number of halogens is 3. The van der Waals surface area contributed by atoms with Crippen molar-refractivity contribution in [3.05, 3.63) is 53.0 Å². The molecule has 3 aliphatic heterocycles. The van der Waals surface area contributed by atoms with Crippen LogP contribution in [0.2, 0.25) is 0 Å². The summed E-state index contributed by atoms with van der Waals surface area (Å²) >= 11 is 0. The minimum absolute atomic E-state index is 0.0462. The number of anilines is 1. The lowest BCUT2D eigenvalue weighted by molar-refractivity contribution is -0.137. The molecular formula is C28H36F3N5O3. The molecule has 1 N–H and O–H groups in total. The van der Waals surface area contributed by atoms with Gasteiger partial charge in [-0.2, -0.15) is 13.2 Å². The van der Waals surface area contributed by atoms with Gasteiger partial charge in [-0.05, 0) is 50.3 Å². The van der Waals surface area contributed by atoms with Gasteiger partial charge in [-0.3, -0.25) is 4.79 Å². The van der Waals surface area contributed by atoms with Crippen LogP contribution in [-0.2, 0) is 15.7 Å². The summed E-state index contributed by atoms with van der Waals surface area (Å²) in [5, 5.41) is 3.71. The number of carbonyl (C=O) groups is 1. The van der Waals surface area contributed by atoms with Gasteiger partial charge in [0, 0.05) is 63.5 Å². The van der Waals surface area contributed by atoms with E-state index in [0.29, 0.717) is 50.3 Å². The van der Waals surface area contributed by atoms with E-state index in [0.717, 1.165) is 55.5 Å². The third kappa shape index (κ3) is 6.20.